The first kappa shape index (κ1) is 20.8. The van der Waals surface area contributed by atoms with Crippen molar-refractivity contribution in [2.24, 2.45) is 5.92 Å². The molecule has 2 rings (SSSR count). The summed E-state index contributed by atoms with van der Waals surface area (Å²) in [6.07, 6.45) is 0.632. The fraction of sp³-hybridized carbons (Fsp3) is 0.381. The van der Waals surface area contributed by atoms with Crippen molar-refractivity contribution in [2.75, 3.05) is 13.1 Å². The third kappa shape index (κ3) is 7.35. The summed E-state index contributed by atoms with van der Waals surface area (Å²) in [5, 5.41) is 4.96. The molecule has 6 heteroatoms. The Kier molecular flexibility index (Phi) is 8.20. The van der Waals surface area contributed by atoms with Gasteiger partial charge in [-0.15, -0.1) is 0 Å². The number of halogens is 2. The number of nitrogens with two attached hydrogens (primary N) is 1. The van der Waals surface area contributed by atoms with Crippen LogP contribution in [0.25, 0.3) is 0 Å². The number of ether oxygens (including phenoxy) is 1. The number of nitrogens with one attached hydrogen (secondary N) is 1. The Morgan fingerprint density at radius 2 is 1.74 bits per heavy atom. The third-order valence-corrected chi connectivity index (χ3v) is 4.34. The number of hydrogen-bond acceptors (Lipinski definition) is 2. The number of benzene rings is 2. The summed E-state index contributed by atoms with van der Waals surface area (Å²) in [7, 11) is 0. The zero-order chi connectivity index (χ0) is 19.6. The van der Waals surface area contributed by atoms with Gasteiger partial charge in [-0.25, -0.2) is 0 Å². The Morgan fingerprint density at radius 3 is 2.33 bits per heavy atom. The Balaban J connectivity index is 1.74. The molecule has 1 amide bonds. The third-order valence-electron chi connectivity index (χ3n) is 4.34. The van der Waals surface area contributed by atoms with E-state index < -0.39 is 6.61 Å². The predicted octanol–water partition coefficient (Wildman–Crippen LogP) is 2.91. The molecule has 0 fully saturated rings. The van der Waals surface area contributed by atoms with Gasteiger partial charge in [0.25, 0.3) is 5.91 Å². The summed E-state index contributed by atoms with van der Waals surface area (Å²) in [5.74, 6) is 0.524. The van der Waals surface area contributed by atoms with Crippen molar-refractivity contribution in [1.82, 2.24) is 5.32 Å². The van der Waals surface area contributed by atoms with Crippen molar-refractivity contribution in [3.63, 3.8) is 0 Å². The van der Waals surface area contributed by atoms with Crippen molar-refractivity contribution in [3.05, 3.63) is 65.7 Å². The van der Waals surface area contributed by atoms with Gasteiger partial charge in [-0.2, -0.15) is 8.78 Å². The summed E-state index contributed by atoms with van der Waals surface area (Å²) < 4.78 is 28.6. The molecule has 0 saturated heterocycles. The molecule has 2 aromatic carbocycles. The summed E-state index contributed by atoms with van der Waals surface area (Å²) in [4.78, 5) is 12.1. The molecular formula is C21H27F2N2O2+. The van der Waals surface area contributed by atoms with Gasteiger partial charge in [0.05, 0.1) is 0 Å². The van der Waals surface area contributed by atoms with E-state index in [2.05, 4.69) is 41.4 Å². The number of alkyl halides is 2. The monoisotopic (exact) mass is 377 g/mol. The first-order valence-electron chi connectivity index (χ1n) is 9.14. The van der Waals surface area contributed by atoms with Crippen LogP contribution in [0.2, 0.25) is 0 Å². The van der Waals surface area contributed by atoms with Crippen LogP contribution in [-0.4, -0.2) is 25.6 Å². The van der Waals surface area contributed by atoms with Crippen LogP contribution in [0.5, 0.6) is 5.75 Å². The minimum Gasteiger partial charge on any atom is -0.435 e. The average molecular weight is 377 g/mol. The van der Waals surface area contributed by atoms with Crippen molar-refractivity contribution in [1.29, 1.82) is 0 Å². The largest absolute Gasteiger partial charge is 0.435 e. The lowest BCUT2D eigenvalue weighted by molar-refractivity contribution is -0.692. The minimum atomic E-state index is -2.82. The highest BCUT2D eigenvalue weighted by molar-refractivity contribution is 5.76. The summed E-state index contributed by atoms with van der Waals surface area (Å²) >= 11 is 0. The quantitative estimate of drug-likeness (QED) is 0.669. The molecule has 2 aromatic rings. The molecule has 1 atom stereocenters. The number of carbonyl (C=O) groups excluding carboxylic acids is 1. The first-order chi connectivity index (χ1) is 13.0. The zero-order valence-electron chi connectivity index (χ0n) is 15.7. The number of quaternary nitrogens is 1. The molecule has 0 saturated carbocycles. The van der Waals surface area contributed by atoms with E-state index in [-0.39, 0.29) is 17.7 Å². The van der Waals surface area contributed by atoms with Crippen molar-refractivity contribution in [2.45, 2.75) is 32.9 Å². The van der Waals surface area contributed by atoms with E-state index >= 15 is 0 Å². The molecule has 0 aliphatic carbocycles. The van der Waals surface area contributed by atoms with Crippen LogP contribution in [0.1, 0.15) is 31.0 Å². The number of amides is 1. The molecule has 0 aliphatic rings. The first-order valence-corrected chi connectivity index (χ1v) is 9.14. The maximum Gasteiger partial charge on any atom is 0.387 e. The van der Waals surface area contributed by atoms with Gasteiger partial charge in [-0.05, 0) is 24.1 Å². The van der Waals surface area contributed by atoms with E-state index in [4.69, 9.17) is 0 Å². The molecule has 27 heavy (non-hydrogen) atoms. The van der Waals surface area contributed by atoms with E-state index in [1.165, 1.54) is 17.7 Å². The van der Waals surface area contributed by atoms with E-state index in [1.807, 2.05) is 18.2 Å². The summed E-state index contributed by atoms with van der Waals surface area (Å²) in [6.45, 7) is 2.33. The fourth-order valence-electron chi connectivity index (χ4n) is 2.96. The molecule has 0 aliphatic heterocycles. The van der Waals surface area contributed by atoms with Gasteiger partial charge < -0.3 is 15.4 Å². The van der Waals surface area contributed by atoms with Gasteiger partial charge >= 0.3 is 6.61 Å². The van der Waals surface area contributed by atoms with Gasteiger partial charge in [0.1, 0.15) is 11.8 Å². The van der Waals surface area contributed by atoms with Gasteiger partial charge in [0.15, 0.2) is 6.54 Å². The second kappa shape index (κ2) is 10.6. The maximum absolute atomic E-state index is 12.1. The van der Waals surface area contributed by atoms with Crippen LogP contribution in [0, 0.1) is 5.92 Å². The minimum absolute atomic E-state index is 0.0192. The van der Waals surface area contributed by atoms with Crippen molar-refractivity contribution >= 4 is 5.91 Å². The van der Waals surface area contributed by atoms with Crippen LogP contribution in [0.3, 0.4) is 0 Å². The molecule has 0 spiro atoms. The van der Waals surface area contributed by atoms with Crippen molar-refractivity contribution in [3.8, 4) is 5.75 Å². The van der Waals surface area contributed by atoms with E-state index in [0.717, 1.165) is 5.56 Å². The van der Waals surface area contributed by atoms with Crippen LogP contribution in [0.4, 0.5) is 8.78 Å². The molecule has 0 radical (unpaired) electrons. The Hall–Kier alpha value is -2.47. The molecule has 0 bridgehead atoms. The van der Waals surface area contributed by atoms with E-state index in [9.17, 15) is 13.6 Å². The summed E-state index contributed by atoms with van der Waals surface area (Å²) in [6, 6.07) is 16.9. The number of hydrogen-bond donors (Lipinski definition) is 2. The number of carbonyl (C=O) groups is 1. The molecule has 4 nitrogen and oxygen atoms in total. The lowest BCUT2D eigenvalue weighted by Crippen LogP contribution is -2.88. The van der Waals surface area contributed by atoms with Gasteiger partial charge in [-0.3, -0.25) is 4.79 Å². The average Bonchev–Trinajstić information content (AvgIpc) is 2.63. The van der Waals surface area contributed by atoms with E-state index in [1.54, 1.807) is 12.1 Å². The van der Waals surface area contributed by atoms with Crippen LogP contribution >= 0.6 is 0 Å². The molecule has 3 N–H and O–H groups in total. The Morgan fingerprint density at radius 1 is 1.07 bits per heavy atom. The molecule has 0 aromatic heterocycles. The molecular weight excluding hydrogens is 350 g/mol. The SMILES string of the molecule is CC(C)[C@H]([NH2+]CC(=O)NCCc1ccc(OC(F)F)cc1)c1ccccc1. The second-order valence-corrected chi connectivity index (χ2v) is 6.74. The van der Waals surface area contributed by atoms with Gasteiger partial charge in [-0.1, -0.05) is 56.3 Å². The van der Waals surface area contributed by atoms with Crippen LogP contribution < -0.4 is 15.4 Å². The highest BCUT2D eigenvalue weighted by Crippen LogP contribution is 2.17. The number of rotatable bonds is 10. The predicted molar refractivity (Wildman–Crippen MR) is 101 cm³/mol. The highest BCUT2D eigenvalue weighted by atomic mass is 19.3. The molecule has 0 heterocycles. The topological polar surface area (TPSA) is 54.9 Å². The smallest absolute Gasteiger partial charge is 0.387 e. The van der Waals surface area contributed by atoms with Gasteiger partial charge in [0, 0.05) is 18.0 Å². The van der Waals surface area contributed by atoms with Crippen molar-refractivity contribution < 1.29 is 23.6 Å². The molecule has 0 unspecified atom stereocenters. The highest BCUT2D eigenvalue weighted by Gasteiger charge is 2.19. The Labute approximate surface area is 158 Å². The summed E-state index contributed by atoms with van der Waals surface area (Å²) in [5.41, 5.74) is 2.16. The van der Waals surface area contributed by atoms with Crippen LogP contribution in [0.15, 0.2) is 54.6 Å². The second-order valence-electron chi connectivity index (χ2n) is 6.74. The zero-order valence-corrected chi connectivity index (χ0v) is 15.7. The standard InChI is InChI=1S/C21H26F2N2O2/c1-15(2)20(17-6-4-3-5-7-17)25-14-19(26)24-13-12-16-8-10-18(11-9-16)27-21(22)23/h3-11,15,20-21,25H,12-14H2,1-2H3,(H,24,26)/p+1/t20-/m0/s1. The van der Waals surface area contributed by atoms with Gasteiger partial charge in [0.2, 0.25) is 0 Å². The normalized spacial score (nSPS) is 12.2. The van der Waals surface area contributed by atoms with Crippen LogP contribution in [-0.2, 0) is 11.2 Å². The van der Waals surface area contributed by atoms with E-state index in [0.29, 0.717) is 25.4 Å². The Bertz CT molecular complexity index is 691. The maximum atomic E-state index is 12.1. The molecule has 146 valence electrons. The fourth-order valence-corrected chi connectivity index (χ4v) is 2.96. The lowest BCUT2D eigenvalue weighted by Gasteiger charge is -2.19. The lowest BCUT2D eigenvalue weighted by atomic mass is 9.96.